The highest BCUT2D eigenvalue weighted by atomic mass is 32.1. The topological polar surface area (TPSA) is 84.1 Å². The van der Waals surface area contributed by atoms with Gasteiger partial charge < -0.3 is 16.0 Å². The van der Waals surface area contributed by atoms with Gasteiger partial charge in [0, 0.05) is 19.1 Å². The molecule has 0 bridgehead atoms. The van der Waals surface area contributed by atoms with Gasteiger partial charge in [-0.25, -0.2) is 9.97 Å². The SMILES string of the molecule is Cc1ncsc1C(=O)N1CCC[C@@H](Nc2ccc(N)nc2)CC1. The summed E-state index contributed by atoms with van der Waals surface area (Å²) in [5.74, 6) is 0.632. The van der Waals surface area contributed by atoms with Crippen LogP contribution in [0.5, 0.6) is 0 Å². The van der Waals surface area contributed by atoms with Crippen molar-refractivity contribution in [2.75, 3.05) is 24.1 Å². The number of aryl methyl sites for hydroxylation is 1. The van der Waals surface area contributed by atoms with Crippen LogP contribution in [0.15, 0.2) is 23.8 Å². The first-order chi connectivity index (χ1) is 11.1. The molecule has 1 aliphatic heterocycles. The molecule has 0 aromatic carbocycles. The van der Waals surface area contributed by atoms with E-state index in [4.69, 9.17) is 5.73 Å². The molecular formula is C16H21N5OS. The summed E-state index contributed by atoms with van der Waals surface area (Å²) in [6, 6.07) is 4.08. The molecule has 1 atom stereocenters. The Bertz CT molecular complexity index is 669. The average Bonchev–Trinajstić information content (AvgIpc) is 2.84. The molecule has 6 nitrogen and oxygen atoms in total. The monoisotopic (exact) mass is 331 g/mol. The number of nitrogens with zero attached hydrogens (tertiary/aromatic N) is 3. The van der Waals surface area contributed by atoms with E-state index in [1.165, 1.54) is 11.3 Å². The Labute approximate surface area is 139 Å². The summed E-state index contributed by atoms with van der Waals surface area (Å²) in [5.41, 5.74) is 9.14. The van der Waals surface area contributed by atoms with Gasteiger partial charge in [0.05, 0.1) is 23.1 Å². The number of thiazole rings is 1. The van der Waals surface area contributed by atoms with Gasteiger partial charge in [-0.1, -0.05) is 0 Å². The van der Waals surface area contributed by atoms with Gasteiger partial charge in [-0.05, 0) is 38.3 Å². The third kappa shape index (κ3) is 3.79. The first-order valence-corrected chi connectivity index (χ1v) is 8.69. The predicted molar refractivity (Wildman–Crippen MR) is 92.7 cm³/mol. The third-order valence-electron chi connectivity index (χ3n) is 4.11. The fraction of sp³-hybridized carbons (Fsp3) is 0.438. The van der Waals surface area contributed by atoms with Crippen LogP contribution >= 0.6 is 11.3 Å². The minimum absolute atomic E-state index is 0.111. The molecule has 1 saturated heterocycles. The molecule has 3 rings (SSSR count). The Kier molecular flexibility index (Phi) is 4.76. The Balaban J connectivity index is 1.60. The molecule has 3 N–H and O–H groups in total. The number of amides is 1. The van der Waals surface area contributed by atoms with Crippen LogP contribution in [0, 0.1) is 6.92 Å². The molecule has 1 aliphatic rings. The van der Waals surface area contributed by atoms with E-state index in [0.29, 0.717) is 11.9 Å². The highest BCUT2D eigenvalue weighted by Crippen LogP contribution is 2.20. The van der Waals surface area contributed by atoms with Crippen LogP contribution in [0.4, 0.5) is 11.5 Å². The summed E-state index contributed by atoms with van der Waals surface area (Å²) >= 11 is 1.42. The first kappa shape index (κ1) is 15.7. The maximum Gasteiger partial charge on any atom is 0.265 e. The fourth-order valence-corrected chi connectivity index (χ4v) is 3.59. The molecular weight excluding hydrogens is 310 g/mol. The Hall–Kier alpha value is -2.15. The zero-order valence-corrected chi connectivity index (χ0v) is 14.0. The van der Waals surface area contributed by atoms with E-state index in [0.717, 1.165) is 48.6 Å². The second-order valence-corrected chi connectivity index (χ2v) is 6.66. The van der Waals surface area contributed by atoms with Crippen LogP contribution in [0.1, 0.15) is 34.6 Å². The number of anilines is 2. The second kappa shape index (κ2) is 6.95. The third-order valence-corrected chi connectivity index (χ3v) is 5.03. The van der Waals surface area contributed by atoms with Crippen LogP contribution in [0.3, 0.4) is 0 Å². The van der Waals surface area contributed by atoms with Crippen molar-refractivity contribution >= 4 is 28.7 Å². The van der Waals surface area contributed by atoms with Crippen molar-refractivity contribution in [3.05, 3.63) is 34.4 Å². The zero-order valence-electron chi connectivity index (χ0n) is 13.2. The van der Waals surface area contributed by atoms with Gasteiger partial charge in [-0.15, -0.1) is 11.3 Å². The molecule has 2 aromatic rings. The summed E-state index contributed by atoms with van der Waals surface area (Å²) in [7, 11) is 0. The lowest BCUT2D eigenvalue weighted by Crippen LogP contribution is -2.32. The Morgan fingerprint density at radius 1 is 1.35 bits per heavy atom. The van der Waals surface area contributed by atoms with Crippen LogP contribution < -0.4 is 11.1 Å². The van der Waals surface area contributed by atoms with Gasteiger partial charge in [0.1, 0.15) is 10.7 Å². The largest absolute Gasteiger partial charge is 0.384 e. The minimum Gasteiger partial charge on any atom is -0.384 e. The molecule has 0 unspecified atom stereocenters. The fourth-order valence-electron chi connectivity index (χ4n) is 2.82. The van der Waals surface area contributed by atoms with Gasteiger partial charge in [0.25, 0.3) is 5.91 Å². The van der Waals surface area contributed by atoms with Crippen molar-refractivity contribution in [3.63, 3.8) is 0 Å². The van der Waals surface area contributed by atoms with Crippen molar-refractivity contribution in [2.24, 2.45) is 0 Å². The minimum atomic E-state index is 0.111. The number of nitrogens with two attached hydrogens (primary N) is 1. The van der Waals surface area contributed by atoms with Gasteiger partial charge in [-0.3, -0.25) is 4.79 Å². The quantitative estimate of drug-likeness (QED) is 0.903. The highest BCUT2D eigenvalue weighted by Gasteiger charge is 2.23. The first-order valence-electron chi connectivity index (χ1n) is 7.81. The maximum absolute atomic E-state index is 12.6. The van der Waals surface area contributed by atoms with Crippen molar-refractivity contribution in [2.45, 2.75) is 32.2 Å². The van der Waals surface area contributed by atoms with E-state index in [-0.39, 0.29) is 5.91 Å². The van der Waals surface area contributed by atoms with Crippen molar-refractivity contribution in [3.8, 4) is 0 Å². The molecule has 0 radical (unpaired) electrons. The van der Waals surface area contributed by atoms with Crippen LogP contribution in [0.2, 0.25) is 0 Å². The van der Waals surface area contributed by atoms with E-state index >= 15 is 0 Å². The van der Waals surface area contributed by atoms with Gasteiger partial charge in [-0.2, -0.15) is 0 Å². The molecule has 2 aromatic heterocycles. The number of nitrogens with one attached hydrogen (secondary N) is 1. The van der Waals surface area contributed by atoms with Crippen LogP contribution in [0.25, 0.3) is 0 Å². The molecule has 0 aliphatic carbocycles. The molecule has 0 spiro atoms. The highest BCUT2D eigenvalue weighted by molar-refractivity contribution is 7.11. The van der Waals surface area contributed by atoms with Gasteiger partial charge >= 0.3 is 0 Å². The number of likely N-dealkylation sites (tertiary alicyclic amines) is 1. The number of carbonyl (C=O) groups excluding carboxylic acids is 1. The summed E-state index contributed by atoms with van der Waals surface area (Å²) in [6.07, 6.45) is 4.71. The Morgan fingerprint density at radius 2 is 2.22 bits per heavy atom. The molecule has 0 saturated carbocycles. The summed E-state index contributed by atoms with van der Waals surface area (Å²) in [5, 5.41) is 3.49. The Morgan fingerprint density at radius 3 is 2.91 bits per heavy atom. The van der Waals surface area contributed by atoms with E-state index in [2.05, 4.69) is 15.3 Å². The van der Waals surface area contributed by atoms with Crippen molar-refractivity contribution in [1.82, 2.24) is 14.9 Å². The lowest BCUT2D eigenvalue weighted by Gasteiger charge is -2.20. The molecule has 122 valence electrons. The zero-order chi connectivity index (χ0) is 16.2. The number of rotatable bonds is 3. The smallest absolute Gasteiger partial charge is 0.265 e. The summed E-state index contributed by atoms with van der Waals surface area (Å²) in [6.45, 7) is 3.45. The van der Waals surface area contributed by atoms with Gasteiger partial charge in [0.15, 0.2) is 0 Å². The molecule has 3 heterocycles. The molecule has 23 heavy (non-hydrogen) atoms. The van der Waals surface area contributed by atoms with E-state index < -0.39 is 0 Å². The van der Waals surface area contributed by atoms with Gasteiger partial charge in [0.2, 0.25) is 0 Å². The lowest BCUT2D eigenvalue weighted by atomic mass is 10.1. The van der Waals surface area contributed by atoms with Crippen LogP contribution in [-0.4, -0.2) is 39.9 Å². The standard InChI is InChI=1S/C16H21N5OS/c1-11-15(23-10-19-11)16(22)21-7-2-3-12(6-8-21)20-13-4-5-14(17)18-9-13/h4-5,9-10,12,20H,2-3,6-8H2,1H3,(H2,17,18)/t12-/m1/s1. The van der Waals surface area contributed by atoms with Crippen molar-refractivity contribution < 1.29 is 4.79 Å². The number of pyridine rings is 1. The normalized spacial score (nSPS) is 18.5. The van der Waals surface area contributed by atoms with Crippen LogP contribution in [-0.2, 0) is 0 Å². The molecule has 1 fully saturated rings. The number of hydrogen-bond donors (Lipinski definition) is 2. The maximum atomic E-state index is 12.6. The van der Waals surface area contributed by atoms with E-state index in [1.54, 1.807) is 17.8 Å². The molecule has 7 heteroatoms. The molecule has 1 amide bonds. The lowest BCUT2D eigenvalue weighted by molar-refractivity contribution is 0.0765. The second-order valence-electron chi connectivity index (χ2n) is 5.80. The average molecular weight is 331 g/mol. The van der Waals surface area contributed by atoms with Crippen molar-refractivity contribution in [1.29, 1.82) is 0 Å². The summed E-state index contributed by atoms with van der Waals surface area (Å²) in [4.78, 5) is 23.6. The summed E-state index contributed by atoms with van der Waals surface area (Å²) < 4.78 is 0. The number of nitrogen functional groups attached to an aromatic ring is 1. The predicted octanol–water partition coefficient (Wildman–Crippen LogP) is 2.54. The number of carbonyl (C=O) groups is 1. The van der Waals surface area contributed by atoms with E-state index in [9.17, 15) is 4.79 Å². The van der Waals surface area contributed by atoms with E-state index in [1.807, 2.05) is 17.9 Å². The number of aromatic nitrogens is 2. The number of hydrogen-bond acceptors (Lipinski definition) is 6.